The molecule has 2 heterocycles. The highest BCUT2D eigenvalue weighted by atomic mass is 35.5. The van der Waals surface area contributed by atoms with E-state index in [9.17, 15) is 4.79 Å². The minimum atomic E-state index is -0.0366. The zero-order valence-corrected chi connectivity index (χ0v) is 15.4. The van der Waals surface area contributed by atoms with Crippen molar-refractivity contribution in [2.75, 3.05) is 18.0 Å². The maximum absolute atomic E-state index is 12.5. The van der Waals surface area contributed by atoms with Crippen molar-refractivity contribution in [3.05, 3.63) is 52.3 Å². The molecule has 132 valence electrons. The minimum Gasteiger partial charge on any atom is -0.352 e. The van der Waals surface area contributed by atoms with Gasteiger partial charge >= 0.3 is 0 Å². The number of nitrogens with one attached hydrogen (secondary N) is 1. The lowest BCUT2D eigenvalue weighted by atomic mass is 9.97. The lowest BCUT2D eigenvalue weighted by Gasteiger charge is -2.32. The highest BCUT2D eigenvalue weighted by Gasteiger charge is 2.27. The van der Waals surface area contributed by atoms with Crippen LogP contribution >= 0.6 is 11.6 Å². The van der Waals surface area contributed by atoms with Crippen molar-refractivity contribution >= 4 is 23.5 Å². The summed E-state index contributed by atoms with van der Waals surface area (Å²) in [6.45, 7) is 6.02. The molecule has 1 aliphatic heterocycles. The van der Waals surface area contributed by atoms with Crippen LogP contribution in [0.25, 0.3) is 0 Å². The van der Waals surface area contributed by atoms with Crippen LogP contribution in [0.2, 0.25) is 5.02 Å². The average molecular weight is 359 g/mol. The topological polar surface area (TPSA) is 58.1 Å². The molecule has 0 aliphatic carbocycles. The monoisotopic (exact) mass is 358 g/mol. The number of nitrogens with zero attached hydrogens (tertiary/aromatic N) is 3. The first-order valence-corrected chi connectivity index (χ1v) is 8.98. The summed E-state index contributed by atoms with van der Waals surface area (Å²) in [6.07, 6.45) is 1.86. The Morgan fingerprint density at radius 3 is 2.60 bits per heavy atom. The lowest BCUT2D eigenvalue weighted by Crippen LogP contribution is -2.43. The first-order valence-electron chi connectivity index (χ1n) is 8.60. The molecule has 1 atom stereocenters. The number of carbonyl (C=O) groups excluding carboxylic acids is 1. The van der Waals surface area contributed by atoms with Gasteiger partial charge in [0, 0.05) is 36.0 Å². The molecule has 1 unspecified atom stereocenters. The third-order valence-corrected chi connectivity index (χ3v) is 4.68. The Morgan fingerprint density at radius 2 is 1.92 bits per heavy atom. The average Bonchev–Trinajstić information content (AvgIpc) is 2.60. The molecule has 5 nitrogen and oxygen atoms in total. The van der Waals surface area contributed by atoms with Crippen LogP contribution in [0.1, 0.15) is 29.8 Å². The van der Waals surface area contributed by atoms with Crippen LogP contribution in [0.3, 0.4) is 0 Å². The Hall–Kier alpha value is -2.14. The normalized spacial score (nSPS) is 17.4. The van der Waals surface area contributed by atoms with Gasteiger partial charge in [0.2, 0.25) is 11.9 Å². The van der Waals surface area contributed by atoms with Crippen LogP contribution in [-0.4, -0.2) is 29.0 Å². The number of carbonyl (C=O) groups is 1. The largest absolute Gasteiger partial charge is 0.352 e. The predicted molar refractivity (Wildman–Crippen MR) is 99.7 cm³/mol. The van der Waals surface area contributed by atoms with Crippen molar-refractivity contribution in [3.63, 3.8) is 0 Å². The van der Waals surface area contributed by atoms with Crippen molar-refractivity contribution in [1.29, 1.82) is 0 Å². The van der Waals surface area contributed by atoms with Gasteiger partial charge < -0.3 is 10.2 Å². The van der Waals surface area contributed by atoms with Gasteiger partial charge in [-0.2, -0.15) is 0 Å². The summed E-state index contributed by atoms with van der Waals surface area (Å²) in [7, 11) is 0. The van der Waals surface area contributed by atoms with E-state index in [1.807, 2.05) is 44.2 Å². The summed E-state index contributed by atoms with van der Waals surface area (Å²) in [5.74, 6) is 0.780. The van der Waals surface area contributed by atoms with E-state index in [0.717, 1.165) is 42.3 Å². The Balaban J connectivity index is 1.60. The summed E-state index contributed by atoms with van der Waals surface area (Å²) in [5, 5.41) is 3.73. The predicted octanol–water partition coefficient (Wildman–Crippen LogP) is 3.28. The minimum absolute atomic E-state index is 0.0366. The summed E-state index contributed by atoms with van der Waals surface area (Å²) in [4.78, 5) is 23.7. The van der Waals surface area contributed by atoms with Gasteiger partial charge in [0.1, 0.15) is 0 Å². The summed E-state index contributed by atoms with van der Waals surface area (Å²) in [5.41, 5.74) is 2.96. The number of anilines is 1. The van der Waals surface area contributed by atoms with Crippen molar-refractivity contribution in [3.8, 4) is 0 Å². The molecule has 0 bridgehead atoms. The van der Waals surface area contributed by atoms with Crippen LogP contribution in [0.4, 0.5) is 5.95 Å². The van der Waals surface area contributed by atoms with Crippen LogP contribution in [0.15, 0.2) is 30.3 Å². The van der Waals surface area contributed by atoms with Gasteiger partial charge in [-0.15, -0.1) is 0 Å². The van der Waals surface area contributed by atoms with E-state index < -0.39 is 0 Å². The molecule has 0 radical (unpaired) electrons. The molecule has 1 N–H and O–H groups in total. The van der Waals surface area contributed by atoms with Crippen molar-refractivity contribution in [2.24, 2.45) is 5.92 Å². The highest BCUT2D eigenvalue weighted by molar-refractivity contribution is 6.30. The van der Waals surface area contributed by atoms with Crippen LogP contribution in [-0.2, 0) is 11.3 Å². The third-order valence-electron chi connectivity index (χ3n) is 4.43. The fourth-order valence-electron chi connectivity index (χ4n) is 3.16. The molecule has 0 spiro atoms. The Bertz CT molecular complexity index is 727. The zero-order valence-electron chi connectivity index (χ0n) is 14.6. The number of aryl methyl sites for hydroxylation is 2. The van der Waals surface area contributed by atoms with Crippen molar-refractivity contribution in [2.45, 2.75) is 33.2 Å². The lowest BCUT2D eigenvalue weighted by molar-refractivity contribution is -0.125. The van der Waals surface area contributed by atoms with Gasteiger partial charge in [0.15, 0.2) is 0 Å². The number of hydrogen-bond donors (Lipinski definition) is 1. The van der Waals surface area contributed by atoms with E-state index in [1.165, 1.54) is 0 Å². The van der Waals surface area contributed by atoms with E-state index in [1.54, 1.807) is 0 Å². The number of amides is 1. The second kappa shape index (κ2) is 7.83. The molecule has 0 saturated carbocycles. The molecule has 3 rings (SSSR count). The van der Waals surface area contributed by atoms with Gasteiger partial charge in [-0.25, -0.2) is 9.97 Å². The van der Waals surface area contributed by atoms with E-state index in [4.69, 9.17) is 11.6 Å². The maximum Gasteiger partial charge on any atom is 0.225 e. The van der Waals surface area contributed by atoms with E-state index in [0.29, 0.717) is 18.1 Å². The molecule has 1 amide bonds. The molecule has 6 heteroatoms. The standard InChI is InChI=1S/C19H23ClN4O/c1-13-10-14(2)23-19(22-13)24-9-3-4-16(12-24)18(25)21-11-15-5-7-17(20)8-6-15/h5-8,10,16H,3-4,9,11-12H2,1-2H3,(H,21,25). The number of hydrogen-bond acceptors (Lipinski definition) is 4. The van der Waals surface area contributed by atoms with Crippen molar-refractivity contribution < 1.29 is 4.79 Å². The maximum atomic E-state index is 12.5. The summed E-state index contributed by atoms with van der Waals surface area (Å²) < 4.78 is 0. The van der Waals surface area contributed by atoms with E-state index >= 15 is 0 Å². The Labute approximate surface area is 153 Å². The molecule has 2 aromatic rings. The fourth-order valence-corrected chi connectivity index (χ4v) is 3.28. The third kappa shape index (κ3) is 4.69. The first-order chi connectivity index (χ1) is 12.0. The molecule has 1 aromatic heterocycles. The molecule has 1 aromatic carbocycles. The quantitative estimate of drug-likeness (QED) is 0.911. The molecule has 1 saturated heterocycles. The molecular weight excluding hydrogens is 336 g/mol. The highest BCUT2D eigenvalue weighted by Crippen LogP contribution is 2.21. The van der Waals surface area contributed by atoms with Gasteiger partial charge in [-0.05, 0) is 50.5 Å². The molecular formula is C19H23ClN4O. The number of rotatable bonds is 4. The Kier molecular flexibility index (Phi) is 5.53. The number of halogens is 1. The Morgan fingerprint density at radius 1 is 1.24 bits per heavy atom. The van der Waals surface area contributed by atoms with Crippen molar-refractivity contribution in [1.82, 2.24) is 15.3 Å². The summed E-state index contributed by atoms with van der Waals surface area (Å²) in [6, 6.07) is 9.49. The van der Waals surface area contributed by atoms with E-state index in [-0.39, 0.29) is 11.8 Å². The second-order valence-corrected chi connectivity index (χ2v) is 7.02. The smallest absolute Gasteiger partial charge is 0.225 e. The molecule has 25 heavy (non-hydrogen) atoms. The van der Waals surface area contributed by atoms with Gasteiger partial charge in [0.25, 0.3) is 0 Å². The fraction of sp³-hybridized carbons (Fsp3) is 0.421. The van der Waals surface area contributed by atoms with Crippen LogP contribution in [0.5, 0.6) is 0 Å². The van der Waals surface area contributed by atoms with Gasteiger partial charge in [-0.1, -0.05) is 23.7 Å². The van der Waals surface area contributed by atoms with Crippen LogP contribution < -0.4 is 10.2 Å². The summed E-state index contributed by atoms with van der Waals surface area (Å²) >= 11 is 5.89. The number of benzene rings is 1. The number of piperidine rings is 1. The SMILES string of the molecule is Cc1cc(C)nc(N2CCCC(C(=O)NCc3ccc(Cl)cc3)C2)n1. The number of aromatic nitrogens is 2. The molecule has 1 fully saturated rings. The zero-order chi connectivity index (χ0) is 17.8. The van der Waals surface area contributed by atoms with Gasteiger partial charge in [0.05, 0.1) is 5.92 Å². The van der Waals surface area contributed by atoms with E-state index in [2.05, 4.69) is 20.2 Å². The molecule has 1 aliphatic rings. The first kappa shape index (κ1) is 17.7. The second-order valence-electron chi connectivity index (χ2n) is 6.58. The van der Waals surface area contributed by atoms with Gasteiger partial charge in [-0.3, -0.25) is 4.79 Å². The van der Waals surface area contributed by atoms with Crippen LogP contribution in [0, 0.1) is 19.8 Å².